The maximum absolute atomic E-state index is 13.8. The summed E-state index contributed by atoms with van der Waals surface area (Å²) in [6.07, 6.45) is 6.07. The number of aryl methyl sites for hydroxylation is 1. The van der Waals surface area contributed by atoms with Gasteiger partial charge in [0.2, 0.25) is 0 Å². The fourth-order valence-corrected chi connectivity index (χ4v) is 7.18. The zero-order valence-electron chi connectivity index (χ0n) is 25.6. The molecule has 1 aliphatic carbocycles. The van der Waals surface area contributed by atoms with Crippen LogP contribution < -0.4 is 19.5 Å². The van der Waals surface area contributed by atoms with E-state index in [1.165, 1.54) is 50.6 Å². The number of carbonyl (C=O) groups is 2. The Morgan fingerprint density at radius 1 is 1.00 bits per heavy atom. The number of fused-ring (bicyclic) bond motifs is 1. The van der Waals surface area contributed by atoms with Gasteiger partial charge in [0.05, 0.1) is 34.1 Å². The van der Waals surface area contributed by atoms with E-state index in [0.717, 1.165) is 38.4 Å². The van der Waals surface area contributed by atoms with Gasteiger partial charge in [0, 0.05) is 21.3 Å². The Labute approximate surface area is 256 Å². The van der Waals surface area contributed by atoms with E-state index in [4.69, 9.17) is 23.9 Å². The monoisotopic (exact) mass is 605 g/mol. The number of nitrogens with zero attached hydrogens (tertiary/aromatic N) is 2. The molecule has 0 aliphatic heterocycles. The van der Waals surface area contributed by atoms with Crippen molar-refractivity contribution in [1.82, 2.24) is 9.55 Å². The molecule has 1 N–H and O–H groups in total. The molecule has 5 rings (SSSR count). The third kappa shape index (κ3) is 6.20. The summed E-state index contributed by atoms with van der Waals surface area (Å²) in [7, 11) is 6.22. The number of nitrogens with one attached hydrogen (secondary N) is 1. The van der Waals surface area contributed by atoms with Gasteiger partial charge in [0.25, 0.3) is 5.91 Å². The minimum Gasteiger partial charge on any atom is -0.497 e. The summed E-state index contributed by atoms with van der Waals surface area (Å²) in [6.45, 7) is 4.13. The van der Waals surface area contributed by atoms with Crippen LogP contribution in [-0.4, -0.2) is 49.9 Å². The van der Waals surface area contributed by atoms with Crippen LogP contribution in [0.3, 0.4) is 0 Å². The van der Waals surface area contributed by atoms with Crippen molar-refractivity contribution in [2.45, 2.75) is 58.4 Å². The van der Waals surface area contributed by atoms with Crippen LogP contribution in [0.4, 0.5) is 5.13 Å². The highest BCUT2D eigenvalue weighted by Gasteiger charge is 2.29. The Kier molecular flexibility index (Phi) is 9.25. The molecule has 1 saturated carbocycles. The van der Waals surface area contributed by atoms with E-state index in [1.54, 1.807) is 38.0 Å². The second-order valence-corrected chi connectivity index (χ2v) is 12.0. The van der Waals surface area contributed by atoms with E-state index in [0.29, 0.717) is 28.2 Å². The van der Waals surface area contributed by atoms with E-state index >= 15 is 0 Å². The second-order valence-electron chi connectivity index (χ2n) is 11.0. The van der Waals surface area contributed by atoms with Gasteiger partial charge < -0.3 is 23.5 Å². The van der Waals surface area contributed by atoms with Crippen molar-refractivity contribution in [3.8, 4) is 28.5 Å². The van der Waals surface area contributed by atoms with Gasteiger partial charge in [-0.2, -0.15) is 0 Å². The van der Waals surface area contributed by atoms with E-state index in [-0.39, 0.29) is 18.4 Å². The van der Waals surface area contributed by atoms with Crippen molar-refractivity contribution in [3.05, 3.63) is 52.5 Å². The Morgan fingerprint density at radius 2 is 1.74 bits per heavy atom. The first-order valence-electron chi connectivity index (χ1n) is 14.6. The molecule has 10 heteroatoms. The molecule has 2 aromatic heterocycles. The second kappa shape index (κ2) is 13.1. The molecule has 43 heavy (non-hydrogen) atoms. The van der Waals surface area contributed by atoms with Gasteiger partial charge in [-0.25, -0.2) is 4.98 Å². The molecule has 1 aliphatic rings. The molecule has 0 spiro atoms. The molecule has 1 fully saturated rings. The molecule has 2 aromatic carbocycles. The summed E-state index contributed by atoms with van der Waals surface area (Å²) < 4.78 is 23.4. The maximum Gasteiger partial charge on any atom is 0.325 e. The van der Waals surface area contributed by atoms with Crippen molar-refractivity contribution in [2.24, 2.45) is 5.92 Å². The first-order valence-corrected chi connectivity index (χ1v) is 15.4. The number of anilines is 1. The molecular formula is C33H39N3O6S. The van der Waals surface area contributed by atoms with Crippen molar-refractivity contribution in [2.75, 3.05) is 33.8 Å². The number of hydrogen-bond acceptors (Lipinski definition) is 8. The molecule has 1 unspecified atom stereocenters. The van der Waals surface area contributed by atoms with E-state index < -0.39 is 5.97 Å². The first-order chi connectivity index (χ1) is 20.8. The lowest BCUT2D eigenvalue weighted by Gasteiger charge is -2.27. The molecule has 9 nitrogen and oxygen atoms in total. The Bertz CT molecular complexity index is 1640. The van der Waals surface area contributed by atoms with Gasteiger partial charge >= 0.3 is 5.97 Å². The number of thiazole rings is 1. The molecule has 4 aromatic rings. The minimum atomic E-state index is -0.456. The Morgan fingerprint density at radius 3 is 2.42 bits per heavy atom. The Balaban J connectivity index is 1.57. The SMILES string of the molecule is COC(=O)Cn1c(C(=O)Nc2nc(-c3cc(OC)c(C)cc3OC)c(C(C)C3CCCCC3)s2)cc2cc(OC)ccc21. The zero-order chi connectivity index (χ0) is 30.7. The summed E-state index contributed by atoms with van der Waals surface area (Å²) in [4.78, 5) is 32.2. The van der Waals surface area contributed by atoms with Crippen molar-refractivity contribution >= 4 is 39.2 Å². The lowest BCUT2D eigenvalue weighted by Crippen LogP contribution is -2.20. The summed E-state index contributed by atoms with van der Waals surface area (Å²) in [6, 6.07) is 11.1. The highest BCUT2D eigenvalue weighted by Crippen LogP contribution is 2.46. The molecule has 228 valence electrons. The number of carbonyl (C=O) groups excluding carboxylic acids is 2. The molecular weight excluding hydrogens is 566 g/mol. The molecule has 0 saturated heterocycles. The molecule has 1 amide bonds. The predicted molar refractivity (Wildman–Crippen MR) is 169 cm³/mol. The highest BCUT2D eigenvalue weighted by atomic mass is 32.1. The lowest BCUT2D eigenvalue weighted by molar-refractivity contribution is -0.141. The largest absolute Gasteiger partial charge is 0.497 e. The van der Waals surface area contributed by atoms with Crippen LogP contribution in [-0.2, 0) is 16.1 Å². The smallest absolute Gasteiger partial charge is 0.325 e. The molecule has 0 radical (unpaired) electrons. The topological polar surface area (TPSA) is 101 Å². The number of aromatic nitrogens is 2. The van der Waals surface area contributed by atoms with Crippen LogP contribution in [0.2, 0.25) is 0 Å². The van der Waals surface area contributed by atoms with Gasteiger partial charge in [-0.15, -0.1) is 11.3 Å². The number of ether oxygens (including phenoxy) is 4. The summed E-state index contributed by atoms with van der Waals surface area (Å²) in [5.41, 5.74) is 3.62. The first kappa shape index (κ1) is 30.4. The summed E-state index contributed by atoms with van der Waals surface area (Å²) in [5, 5.41) is 4.29. The van der Waals surface area contributed by atoms with Crippen molar-refractivity contribution in [1.29, 1.82) is 0 Å². The van der Waals surface area contributed by atoms with E-state index in [1.807, 2.05) is 31.2 Å². The molecule has 0 bridgehead atoms. The average Bonchev–Trinajstić information content (AvgIpc) is 3.61. The van der Waals surface area contributed by atoms with Crippen molar-refractivity contribution in [3.63, 3.8) is 0 Å². The lowest BCUT2D eigenvalue weighted by atomic mass is 9.79. The minimum absolute atomic E-state index is 0.109. The van der Waals surface area contributed by atoms with Gasteiger partial charge in [-0.05, 0) is 73.6 Å². The number of amides is 1. The van der Waals surface area contributed by atoms with E-state index in [2.05, 4.69) is 12.2 Å². The normalized spacial score (nSPS) is 14.4. The van der Waals surface area contributed by atoms with Gasteiger partial charge in [-0.1, -0.05) is 26.2 Å². The zero-order valence-corrected chi connectivity index (χ0v) is 26.4. The quantitative estimate of drug-likeness (QED) is 0.191. The number of hydrogen-bond donors (Lipinski definition) is 1. The highest BCUT2D eigenvalue weighted by molar-refractivity contribution is 7.16. The number of methoxy groups -OCH3 is 4. The van der Waals surface area contributed by atoms with E-state index in [9.17, 15) is 9.59 Å². The maximum atomic E-state index is 13.8. The standard InChI is InChI=1S/C33H39N3O6S/c1-19-14-28(41-5)24(17-27(19)40-4)30-31(20(2)21-10-8-7-9-11-21)43-33(34-30)35-32(38)26-16-22-15-23(39-3)12-13-25(22)36(26)18-29(37)42-6/h12-17,20-21H,7-11,18H2,1-6H3,(H,34,35,38). The Hall–Kier alpha value is -4.05. The third-order valence-corrected chi connectivity index (χ3v) is 9.64. The average molecular weight is 606 g/mol. The van der Waals surface area contributed by atoms with Crippen LogP contribution in [0.1, 0.15) is 65.9 Å². The third-order valence-electron chi connectivity index (χ3n) is 8.47. The molecule has 2 heterocycles. The van der Waals surface area contributed by atoms with Gasteiger partial charge in [0.1, 0.15) is 29.5 Å². The fourth-order valence-electron chi connectivity index (χ4n) is 6.06. The van der Waals surface area contributed by atoms with Crippen LogP contribution in [0.5, 0.6) is 17.2 Å². The van der Waals surface area contributed by atoms with Crippen LogP contribution in [0.25, 0.3) is 22.2 Å². The van der Waals surface area contributed by atoms with Crippen LogP contribution in [0.15, 0.2) is 36.4 Å². The number of benzene rings is 2. The van der Waals surface area contributed by atoms with Crippen molar-refractivity contribution < 1.29 is 28.5 Å². The number of rotatable bonds is 10. The van der Waals surface area contributed by atoms with Crippen LogP contribution >= 0.6 is 11.3 Å². The molecule has 1 atom stereocenters. The fraction of sp³-hybridized carbons (Fsp3) is 0.424. The number of esters is 1. The van der Waals surface area contributed by atoms with Crippen LogP contribution in [0, 0.1) is 12.8 Å². The predicted octanol–water partition coefficient (Wildman–Crippen LogP) is 7.21. The van der Waals surface area contributed by atoms with Gasteiger partial charge in [-0.3, -0.25) is 14.9 Å². The summed E-state index contributed by atoms with van der Waals surface area (Å²) in [5.74, 6) is 2.05. The summed E-state index contributed by atoms with van der Waals surface area (Å²) >= 11 is 1.49. The van der Waals surface area contributed by atoms with Gasteiger partial charge in [0.15, 0.2) is 5.13 Å².